The number of hydrogen-bond donors (Lipinski definition) is 0. The van der Waals surface area contributed by atoms with Gasteiger partial charge in [-0.1, -0.05) is 55.7 Å². The van der Waals surface area contributed by atoms with Crippen molar-refractivity contribution in [3.63, 3.8) is 0 Å². The summed E-state index contributed by atoms with van der Waals surface area (Å²) in [6.07, 6.45) is 3.47. The van der Waals surface area contributed by atoms with Gasteiger partial charge in [-0.05, 0) is 48.8 Å². The number of rotatable bonds is 7. The maximum absolute atomic E-state index is 13.8. The Morgan fingerprint density at radius 2 is 1.74 bits per heavy atom. The number of carbonyl (C=O) groups is 1. The number of ketones is 1. The number of benzene rings is 1. The van der Waals surface area contributed by atoms with E-state index in [2.05, 4.69) is 39.1 Å². The van der Waals surface area contributed by atoms with E-state index in [4.69, 9.17) is 4.42 Å². The summed E-state index contributed by atoms with van der Waals surface area (Å²) in [7, 11) is 1.68. The summed E-state index contributed by atoms with van der Waals surface area (Å²) in [5.74, 6) is -0.163. The molecule has 0 atom stereocenters. The van der Waals surface area contributed by atoms with Gasteiger partial charge in [0, 0.05) is 38.8 Å². The first kappa shape index (κ1) is 26.3. The molecule has 1 aliphatic carbocycles. The normalized spacial score (nSPS) is 17.5. The van der Waals surface area contributed by atoms with Gasteiger partial charge < -0.3 is 14.2 Å². The van der Waals surface area contributed by atoms with Gasteiger partial charge in [0.15, 0.2) is 5.69 Å². The first-order valence-corrected chi connectivity index (χ1v) is 13.4. The maximum atomic E-state index is 13.8. The Morgan fingerprint density at radius 3 is 2.37 bits per heavy atom. The van der Waals surface area contributed by atoms with E-state index in [0.29, 0.717) is 11.5 Å². The van der Waals surface area contributed by atoms with Crippen molar-refractivity contribution in [1.29, 1.82) is 0 Å². The van der Waals surface area contributed by atoms with Crippen LogP contribution in [0.4, 0.5) is 25.0 Å². The zero-order valence-corrected chi connectivity index (χ0v) is 21.6. The van der Waals surface area contributed by atoms with Crippen molar-refractivity contribution in [3.8, 4) is 0 Å². The molecular formula is C29H33F3N4O2. The highest BCUT2D eigenvalue weighted by atomic mass is 19.4. The number of hydrogen-bond acceptors (Lipinski definition) is 6. The molecule has 0 unspecified atom stereocenters. The van der Waals surface area contributed by atoms with Crippen LogP contribution in [0.25, 0.3) is 0 Å². The predicted molar refractivity (Wildman–Crippen MR) is 140 cm³/mol. The van der Waals surface area contributed by atoms with E-state index in [1.54, 1.807) is 24.2 Å². The minimum Gasteiger partial charge on any atom is -0.420 e. The quantitative estimate of drug-likeness (QED) is 0.321. The Labute approximate surface area is 220 Å². The highest BCUT2D eigenvalue weighted by Gasteiger charge is 2.42. The van der Waals surface area contributed by atoms with Crippen molar-refractivity contribution in [1.82, 2.24) is 9.97 Å². The summed E-state index contributed by atoms with van der Waals surface area (Å²) < 4.78 is 46.7. The van der Waals surface area contributed by atoms with Gasteiger partial charge in [-0.3, -0.25) is 4.79 Å². The summed E-state index contributed by atoms with van der Waals surface area (Å²) >= 11 is 0. The van der Waals surface area contributed by atoms with Crippen LogP contribution >= 0.6 is 0 Å². The number of anilines is 2. The molecule has 3 heterocycles. The number of oxazole rings is 1. The summed E-state index contributed by atoms with van der Waals surface area (Å²) in [4.78, 5) is 25.0. The molecule has 0 spiro atoms. The number of halogens is 3. The third kappa shape index (κ3) is 5.87. The van der Waals surface area contributed by atoms with Gasteiger partial charge in [0.1, 0.15) is 5.82 Å². The molecule has 9 heteroatoms. The fourth-order valence-electron chi connectivity index (χ4n) is 5.61. The fourth-order valence-corrected chi connectivity index (χ4v) is 5.61. The molecule has 202 valence electrons. The molecule has 1 aromatic carbocycles. The minimum atomic E-state index is -4.78. The molecule has 2 fully saturated rings. The average molecular weight is 527 g/mol. The number of alkyl halides is 3. The molecule has 6 nitrogen and oxygen atoms in total. The standard InChI is InChI=1S/C29H33F3N4O2/c1-35(23-10-6-3-7-11-23)28-34-27(29(30,31)32)26(38-28)24(37)18-20-12-13-25(33-19-20)36-16-14-22(15-17-36)21-8-4-2-5-9-21/h2,4-5,8-9,12-13,19,22-23H,3,6-7,10-11,14-18H2,1H3. The molecular weight excluding hydrogens is 493 g/mol. The lowest BCUT2D eigenvalue weighted by molar-refractivity contribution is -0.141. The Hall–Kier alpha value is -3.36. The molecule has 0 N–H and O–H groups in total. The second-order valence-electron chi connectivity index (χ2n) is 10.4. The van der Waals surface area contributed by atoms with Crippen LogP contribution in [0.5, 0.6) is 0 Å². The van der Waals surface area contributed by atoms with E-state index >= 15 is 0 Å². The van der Waals surface area contributed by atoms with Gasteiger partial charge in [0.2, 0.25) is 11.5 Å². The SMILES string of the molecule is CN(c1nc(C(F)(F)F)c(C(=O)Cc2ccc(N3CCC(c4ccccc4)CC3)nc2)o1)C1CCCCC1. The molecule has 3 aromatic rings. The topological polar surface area (TPSA) is 62.5 Å². The lowest BCUT2D eigenvalue weighted by Crippen LogP contribution is -2.33. The smallest absolute Gasteiger partial charge is 0.420 e. The van der Waals surface area contributed by atoms with Gasteiger partial charge >= 0.3 is 6.18 Å². The lowest BCUT2D eigenvalue weighted by Gasteiger charge is -2.33. The Bertz CT molecular complexity index is 1210. The Balaban J connectivity index is 1.24. The molecule has 0 bridgehead atoms. The summed E-state index contributed by atoms with van der Waals surface area (Å²) in [6.45, 7) is 1.74. The molecule has 0 radical (unpaired) electrons. The van der Waals surface area contributed by atoms with Gasteiger partial charge in [0.25, 0.3) is 6.01 Å². The van der Waals surface area contributed by atoms with E-state index in [1.165, 1.54) is 5.56 Å². The van der Waals surface area contributed by atoms with Crippen LogP contribution in [0.1, 0.15) is 78.2 Å². The molecule has 0 amide bonds. The van der Waals surface area contributed by atoms with Crippen LogP contribution in [-0.4, -0.2) is 41.9 Å². The number of aromatic nitrogens is 2. The van der Waals surface area contributed by atoms with Crippen molar-refractivity contribution >= 4 is 17.6 Å². The van der Waals surface area contributed by atoms with Gasteiger partial charge in [-0.2, -0.15) is 18.2 Å². The predicted octanol–water partition coefficient (Wildman–Crippen LogP) is 6.67. The van der Waals surface area contributed by atoms with E-state index in [0.717, 1.165) is 63.9 Å². The van der Waals surface area contributed by atoms with E-state index < -0.39 is 23.4 Å². The van der Waals surface area contributed by atoms with Crippen molar-refractivity contribution in [2.24, 2.45) is 0 Å². The number of nitrogens with zero attached hydrogens (tertiary/aromatic N) is 4. The van der Waals surface area contributed by atoms with Crippen molar-refractivity contribution in [3.05, 3.63) is 71.2 Å². The van der Waals surface area contributed by atoms with Crippen LogP contribution in [0, 0.1) is 0 Å². The highest BCUT2D eigenvalue weighted by molar-refractivity contribution is 5.96. The molecule has 38 heavy (non-hydrogen) atoms. The Kier molecular flexibility index (Phi) is 7.72. The van der Waals surface area contributed by atoms with E-state index in [9.17, 15) is 18.0 Å². The first-order valence-electron chi connectivity index (χ1n) is 13.4. The minimum absolute atomic E-state index is 0.0564. The number of carbonyl (C=O) groups excluding carboxylic acids is 1. The summed E-state index contributed by atoms with van der Waals surface area (Å²) in [6, 6.07) is 14.0. The number of Topliss-reactive ketones (excluding diaryl/α,β-unsaturated/α-hetero) is 1. The molecule has 2 aromatic heterocycles. The molecule has 1 aliphatic heterocycles. The third-order valence-corrected chi connectivity index (χ3v) is 7.83. The van der Waals surface area contributed by atoms with Crippen LogP contribution in [0.2, 0.25) is 0 Å². The molecule has 5 rings (SSSR count). The zero-order valence-electron chi connectivity index (χ0n) is 21.6. The average Bonchev–Trinajstić information content (AvgIpc) is 3.41. The monoisotopic (exact) mass is 526 g/mol. The molecule has 1 saturated heterocycles. The zero-order chi connectivity index (χ0) is 26.7. The van der Waals surface area contributed by atoms with Crippen molar-refractivity contribution in [2.75, 3.05) is 29.9 Å². The molecule has 2 aliphatic rings. The van der Waals surface area contributed by atoms with Gasteiger partial charge in [-0.25, -0.2) is 4.98 Å². The van der Waals surface area contributed by atoms with Crippen molar-refractivity contribution < 1.29 is 22.4 Å². The van der Waals surface area contributed by atoms with E-state index in [1.807, 2.05) is 12.1 Å². The second-order valence-corrected chi connectivity index (χ2v) is 10.4. The second kappa shape index (κ2) is 11.2. The van der Waals surface area contributed by atoms with Crippen LogP contribution in [-0.2, 0) is 12.6 Å². The van der Waals surface area contributed by atoms with E-state index in [-0.39, 0.29) is 18.5 Å². The van der Waals surface area contributed by atoms with Gasteiger partial charge in [-0.15, -0.1) is 0 Å². The maximum Gasteiger partial charge on any atom is 0.437 e. The van der Waals surface area contributed by atoms with Crippen molar-refractivity contribution in [2.45, 2.75) is 69.5 Å². The first-order chi connectivity index (χ1) is 18.3. The third-order valence-electron chi connectivity index (χ3n) is 7.83. The number of pyridine rings is 1. The molecule has 1 saturated carbocycles. The van der Waals surface area contributed by atoms with Gasteiger partial charge in [0.05, 0.1) is 0 Å². The fraction of sp³-hybridized carbons (Fsp3) is 0.483. The largest absolute Gasteiger partial charge is 0.437 e. The lowest BCUT2D eigenvalue weighted by atomic mass is 9.89. The highest BCUT2D eigenvalue weighted by Crippen LogP contribution is 2.36. The van der Waals surface area contributed by atoms with Crippen LogP contribution < -0.4 is 9.80 Å². The summed E-state index contributed by atoms with van der Waals surface area (Å²) in [5.41, 5.74) is 0.628. The summed E-state index contributed by atoms with van der Waals surface area (Å²) in [5, 5.41) is 0. The number of piperidine rings is 1. The Morgan fingerprint density at radius 1 is 1.03 bits per heavy atom. The van der Waals surface area contributed by atoms with Crippen LogP contribution in [0.15, 0.2) is 53.1 Å². The van der Waals surface area contributed by atoms with Crippen LogP contribution in [0.3, 0.4) is 0 Å².